The van der Waals surface area contributed by atoms with Crippen LogP contribution in [0.4, 0.5) is 5.82 Å². The lowest BCUT2D eigenvalue weighted by molar-refractivity contribution is 0.262. The molecule has 4 heteroatoms. The number of anilines is 1. The van der Waals surface area contributed by atoms with E-state index in [1.165, 1.54) is 37.9 Å². The highest BCUT2D eigenvalue weighted by molar-refractivity contribution is 5.39. The molecule has 122 valence electrons. The number of likely N-dealkylation sites (tertiary alicyclic amines) is 1. The standard InChI is InChI=1S/C18H30N4/c1-14(2)22-11-8-17(13-22)20-16-6-9-21(10-7-16)18-5-4-15(3)12-19-18/h4-5,12,14,16-17,20H,6-11,13H2,1-3H3/t17-/m1/s1. The second-order valence-electron chi connectivity index (χ2n) is 7.20. The van der Waals surface area contributed by atoms with E-state index in [1.54, 1.807) is 0 Å². The van der Waals surface area contributed by atoms with Gasteiger partial charge in [0.1, 0.15) is 5.82 Å². The Hall–Kier alpha value is -1.13. The Labute approximate surface area is 134 Å². The van der Waals surface area contributed by atoms with E-state index in [1.807, 2.05) is 6.20 Å². The Morgan fingerprint density at radius 2 is 1.82 bits per heavy atom. The molecule has 3 rings (SSSR count). The van der Waals surface area contributed by atoms with Crippen molar-refractivity contribution in [3.63, 3.8) is 0 Å². The third kappa shape index (κ3) is 3.79. The summed E-state index contributed by atoms with van der Waals surface area (Å²) in [6, 6.07) is 6.36. The van der Waals surface area contributed by atoms with Crippen LogP contribution in [0.15, 0.2) is 18.3 Å². The Morgan fingerprint density at radius 1 is 1.09 bits per heavy atom. The predicted molar refractivity (Wildman–Crippen MR) is 92.5 cm³/mol. The summed E-state index contributed by atoms with van der Waals surface area (Å²) in [6.45, 7) is 11.4. The minimum atomic E-state index is 0.679. The zero-order valence-corrected chi connectivity index (χ0v) is 14.3. The van der Waals surface area contributed by atoms with Crippen molar-refractivity contribution in [1.82, 2.24) is 15.2 Å². The van der Waals surface area contributed by atoms with Gasteiger partial charge >= 0.3 is 0 Å². The first-order valence-corrected chi connectivity index (χ1v) is 8.79. The van der Waals surface area contributed by atoms with Crippen LogP contribution >= 0.6 is 0 Å². The molecule has 1 atom stereocenters. The van der Waals surface area contributed by atoms with Crippen LogP contribution in [0.25, 0.3) is 0 Å². The molecule has 1 N–H and O–H groups in total. The first-order chi connectivity index (χ1) is 10.6. The van der Waals surface area contributed by atoms with Crippen LogP contribution in [0.3, 0.4) is 0 Å². The van der Waals surface area contributed by atoms with E-state index < -0.39 is 0 Å². The van der Waals surface area contributed by atoms with Crippen molar-refractivity contribution in [2.24, 2.45) is 0 Å². The van der Waals surface area contributed by atoms with Crippen LogP contribution in [-0.4, -0.2) is 54.2 Å². The van der Waals surface area contributed by atoms with Crippen molar-refractivity contribution in [3.05, 3.63) is 23.9 Å². The van der Waals surface area contributed by atoms with Gasteiger partial charge in [-0.25, -0.2) is 4.98 Å². The summed E-state index contributed by atoms with van der Waals surface area (Å²) in [5.41, 5.74) is 1.23. The van der Waals surface area contributed by atoms with E-state index in [-0.39, 0.29) is 0 Å². The summed E-state index contributed by atoms with van der Waals surface area (Å²) in [5, 5.41) is 3.90. The highest BCUT2D eigenvalue weighted by atomic mass is 15.2. The van der Waals surface area contributed by atoms with Crippen LogP contribution < -0.4 is 10.2 Å². The molecule has 0 spiro atoms. The number of rotatable bonds is 4. The van der Waals surface area contributed by atoms with Crippen molar-refractivity contribution in [2.45, 2.75) is 58.2 Å². The first-order valence-electron chi connectivity index (χ1n) is 8.79. The van der Waals surface area contributed by atoms with Crippen LogP contribution in [-0.2, 0) is 0 Å². The maximum Gasteiger partial charge on any atom is 0.128 e. The minimum absolute atomic E-state index is 0.679. The summed E-state index contributed by atoms with van der Waals surface area (Å²) in [6.07, 6.45) is 5.73. The van der Waals surface area contributed by atoms with Crippen LogP contribution in [0.5, 0.6) is 0 Å². The van der Waals surface area contributed by atoms with Crippen molar-refractivity contribution in [2.75, 3.05) is 31.1 Å². The number of aromatic nitrogens is 1. The molecular formula is C18H30N4. The number of pyridine rings is 1. The molecule has 0 radical (unpaired) electrons. The Morgan fingerprint density at radius 3 is 2.41 bits per heavy atom. The van der Waals surface area contributed by atoms with Crippen LogP contribution in [0, 0.1) is 6.92 Å². The third-order valence-electron chi connectivity index (χ3n) is 5.14. The lowest BCUT2D eigenvalue weighted by Gasteiger charge is -2.34. The Balaban J connectivity index is 1.45. The molecule has 0 amide bonds. The van der Waals surface area contributed by atoms with Crippen molar-refractivity contribution < 1.29 is 0 Å². The van der Waals surface area contributed by atoms with Gasteiger partial charge < -0.3 is 10.2 Å². The lowest BCUT2D eigenvalue weighted by Crippen LogP contribution is -2.47. The van der Waals surface area contributed by atoms with Gasteiger partial charge in [-0.05, 0) is 58.2 Å². The molecule has 0 aromatic carbocycles. The summed E-state index contributed by atoms with van der Waals surface area (Å²) >= 11 is 0. The highest BCUT2D eigenvalue weighted by Gasteiger charge is 2.27. The fourth-order valence-electron chi connectivity index (χ4n) is 3.65. The fraction of sp³-hybridized carbons (Fsp3) is 0.722. The van der Waals surface area contributed by atoms with Gasteiger partial charge in [-0.2, -0.15) is 0 Å². The zero-order valence-electron chi connectivity index (χ0n) is 14.3. The number of aryl methyl sites for hydroxylation is 1. The van der Waals surface area contributed by atoms with Crippen molar-refractivity contribution in [1.29, 1.82) is 0 Å². The molecule has 4 nitrogen and oxygen atoms in total. The quantitative estimate of drug-likeness (QED) is 0.925. The second kappa shape index (κ2) is 6.97. The maximum atomic E-state index is 4.56. The van der Waals surface area contributed by atoms with E-state index in [2.05, 4.69) is 53.0 Å². The Kier molecular flexibility index (Phi) is 4.99. The number of nitrogens with zero attached hydrogens (tertiary/aromatic N) is 3. The first kappa shape index (κ1) is 15.8. The van der Waals surface area contributed by atoms with E-state index in [4.69, 9.17) is 0 Å². The molecule has 0 saturated carbocycles. The highest BCUT2D eigenvalue weighted by Crippen LogP contribution is 2.20. The predicted octanol–water partition coefficient (Wildman–Crippen LogP) is 2.43. The largest absolute Gasteiger partial charge is 0.357 e. The minimum Gasteiger partial charge on any atom is -0.357 e. The Bertz CT molecular complexity index is 462. The summed E-state index contributed by atoms with van der Waals surface area (Å²) in [4.78, 5) is 9.57. The molecule has 2 aliphatic heterocycles. The smallest absolute Gasteiger partial charge is 0.128 e. The van der Waals surface area contributed by atoms with Gasteiger partial charge in [0.25, 0.3) is 0 Å². The molecule has 3 heterocycles. The molecule has 1 aromatic heterocycles. The molecular weight excluding hydrogens is 272 g/mol. The summed E-state index contributed by atoms with van der Waals surface area (Å²) in [5.74, 6) is 1.14. The maximum absolute atomic E-state index is 4.56. The lowest BCUT2D eigenvalue weighted by atomic mass is 10.0. The third-order valence-corrected chi connectivity index (χ3v) is 5.14. The summed E-state index contributed by atoms with van der Waals surface area (Å²) < 4.78 is 0. The summed E-state index contributed by atoms with van der Waals surface area (Å²) in [7, 11) is 0. The average molecular weight is 302 g/mol. The molecule has 22 heavy (non-hydrogen) atoms. The van der Waals surface area contributed by atoms with Gasteiger partial charge in [-0.15, -0.1) is 0 Å². The topological polar surface area (TPSA) is 31.4 Å². The molecule has 0 aliphatic carbocycles. The van der Waals surface area contributed by atoms with Gasteiger partial charge in [0.2, 0.25) is 0 Å². The van der Waals surface area contributed by atoms with Crippen LogP contribution in [0.1, 0.15) is 38.7 Å². The van der Waals surface area contributed by atoms with Crippen molar-refractivity contribution in [3.8, 4) is 0 Å². The molecule has 2 saturated heterocycles. The van der Waals surface area contributed by atoms with Gasteiger partial charge in [-0.1, -0.05) is 6.07 Å². The molecule has 2 aliphatic rings. The van der Waals surface area contributed by atoms with E-state index in [9.17, 15) is 0 Å². The van der Waals surface area contributed by atoms with Gasteiger partial charge in [0.15, 0.2) is 0 Å². The fourth-order valence-corrected chi connectivity index (χ4v) is 3.65. The van der Waals surface area contributed by atoms with E-state index in [0.29, 0.717) is 18.1 Å². The monoisotopic (exact) mass is 302 g/mol. The zero-order chi connectivity index (χ0) is 15.5. The molecule has 2 fully saturated rings. The number of hydrogen-bond donors (Lipinski definition) is 1. The van der Waals surface area contributed by atoms with E-state index >= 15 is 0 Å². The van der Waals surface area contributed by atoms with Gasteiger partial charge in [-0.3, -0.25) is 4.90 Å². The normalized spacial score (nSPS) is 24.4. The molecule has 0 bridgehead atoms. The van der Waals surface area contributed by atoms with Gasteiger partial charge in [0, 0.05) is 44.0 Å². The van der Waals surface area contributed by atoms with Crippen molar-refractivity contribution >= 4 is 5.82 Å². The number of piperidine rings is 1. The molecule has 0 unspecified atom stereocenters. The number of nitrogens with one attached hydrogen (secondary N) is 1. The van der Waals surface area contributed by atoms with Crippen LogP contribution in [0.2, 0.25) is 0 Å². The average Bonchev–Trinajstić information content (AvgIpc) is 2.98. The van der Waals surface area contributed by atoms with Gasteiger partial charge in [0.05, 0.1) is 0 Å². The SMILES string of the molecule is Cc1ccc(N2CCC(N[C@@H]3CCN(C(C)C)C3)CC2)nc1. The molecule has 1 aromatic rings. The second-order valence-corrected chi connectivity index (χ2v) is 7.20. The van der Waals surface area contributed by atoms with E-state index in [0.717, 1.165) is 18.9 Å². The number of hydrogen-bond acceptors (Lipinski definition) is 4.